The predicted octanol–water partition coefficient (Wildman–Crippen LogP) is 1.17. The van der Waals surface area contributed by atoms with Gasteiger partial charge in [-0.25, -0.2) is 4.52 Å². The lowest BCUT2D eigenvalue weighted by Crippen LogP contribution is -2.54. The molecule has 0 radical (unpaired) electrons. The van der Waals surface area contributed by atoms with Crippen LogP contribution in [-0.4, -0.2) is 47.9 Å². The summed E-state index contributed by atoms with van der Waals surface area (Å²) in [4.78, 5) is 12.5. The van der Waals surface area contributed by atoms with Crippen LogP contribution in [0.3, 0.4) is 0 Å². The van der Waals surface area contributed by atoms with Gasteiger partial charge in [-0.2, -0.15) is 5.10 Å². The zero-order chi connectivity index (χ0) is 14.8. The smallest absolute Gasteiger partial charge is 0.255 e. The van der Waals surface area contributed by atoms with E-state index in [0.717, 1.165) is 30.6 Å². The molecule has 0 bridgehead atoms. The lowest BCUT2D eigenvalue weighted by atomic mass is 10.0. The summed E-state index contributed by atoms with van der Waals surface area (Å²) in [6, 6.07) is 3.88. The van der Waals surface area contributed by atoms with Crippen molar-refractivity contribution in [2.45, 2.75) is 25.5 Å². The van der Waals surface area contributed by atoms with Gasteiger partial charge in [0.15, 0.2) is 0 Å². The second-order valence-corrected chi connectivity index (χ2v) is 5.44. The summed E-state index contributed by atoms with van der Waals surface area (Å²) in [5, 5.41) is 10.6. The Hall–Kier alpha value is -1.63. The molecule has 1 aliphatic rings. The first-order chi connectivity index (χ1) is 10.2. The first-order valence-corrected chi connectivity index (χ1v) is 7.17. The first kappa shape index (κ1) is 16.7. The van der Waals surface area contributed by atoms with E-state index in [1.54, 1.807) is 17.8 Å². The second-order valence-electron chi connectivity index (χ2n) is 5.44. The highest BCUT2D eigenvalue weighted by molar-refractivity contribution is 6.00. The molecule has 7 heteroatoms. The van der Waals surface area contributed by atoms with Crippen molar-refractivity contribution in [2.24, 2.45) is 0 Å². The van der Waals surface area contributed by atoms with Gasteiger partial charge in [0.1, 0.15) is 0 Å². The highest BCUT2D eigenvalue weighted by Crippen LogP contribution is 2.13. The molecule has 1 saturated heterocycles. The van der Waals surface area contributed by atoms with Crippen LogP contribution in [0.25, 0.3) is 5.52 Å². The maximum atomic E-state index is 12.5. The van der Waals surface area contributed by atoms with E-state index in [0.29, 0.717) is 5.56 Å². The van der Waals surface area contributed by atoms with E-state index in [4.69, 9.17) is 4.74 Å². The van der Waals surface area contributed by atoms with Crippen molar-refractivity contribution in [3.63, 3.8) is 0 Å². The number of ether oxygens (including phenoxy) is 1. The molecule has 2 aromatic heterocycles. The van der Waals surface area contributed by atoms with E-state index in [1.165, 1.54) is 0 Å². The maximum Gasteiger partial charge on any atom is 0.255 e. The van der Waals surface area contributed by atoms with E-state index in [1.807, 2.05) is 25.3 Å². The molecule has 2 aromatic rings. The minimum atomic E-state index is -0.107. The number of aryl methyl sites for hydroxylation is 1. The minimum absolute atomic E-state index is 0. The van der Waals surface area contributed by atoms with Crippen LogP contribution in [0.1, 0.15) is 22.3 Å². The fourth-order valence-electron chi connectivity index (χ4n) is 2.77. The highest BCUT2D eigenvalue weighted by atomic mass is 35.5. The molecule has 2 atom stereocenters. The molecule has 22 heavy (non-hydrogen) atoms. The summed E-state index contributed by atoms with van der Waals surface area (Å²) in [6.07, 6.45) is 4.48. The minimum Gasteiger partial charge on any atom is -0.379 e. The number of carbonyl (C=O) groups is 1. The van der Waals surface area contributed by atoms with Crippen molar-refractivity contribution < 1.29 is 9.53 Å². The van der Waals surface area contributed by atoms with Gasteiger partial charge in [-0.15, -0.1) is 12.4 Å². The number of rotatable bonds is 3. The molecular weight excluding hydrogens is 304 g/mol. The number of pyridine rings is 1. The Bertz CT molecular complexity index is 658. The number of carbonyl (C=O) groups excluding carboxylic acids is 1. The Morgan fingerprint density at radius 2 is 2.32 bits per heavy atom. The molecule has 1 fully saturated rings. The third-order valence-corrected chi connectivity index (χ3v) is 3.95. The Labute approximate surface area is 135 Å². The third kappa shape index (κ3) is 3.24. The van der Waals surface area contributed by atoms with Gasteiger partial charge in [0, 0.05) is 19.9 Å². The van der Waals surface area contributed by atoms with Crippen LogP contribution in [0, 0.1) is 6.92 Å². The van der Waals surface area contributed by atoms with E-state index in [2.05, 4.69) is 15.7 Å². The molecule has 6 nitrogen and oxygen atoms in total. The van der Waals surface area contributed by atoms with Gasteiger partial charge in [-0.05, 0) is 31.5 Å². The summed E-state index contributed by atoms with van der Waals surface area (Å²) >= 11 is 0. The quantitative estimate of drug-likeness (QED) is 0.889. The molecule has 2 N–H and O–H groups in total. The SMILES string of the molecule is CO[C@@H]1CCNC[C@@H]1NC(=O)c1cnn2cc(C)ccc12.Cl. The first-order valence-electron chi connectivity index (χ1n) is 7.17. The number of methoxy groups -OCH3 is 1. The Morgan fingerprint density at radius 1 is 1.50 bits per heavy atom. The molecular formula is C15H21ClN4O2. The Morgan fingerprint density at radius 3 is 3.09 bits per heavy atom. The maximum absolute atomic E-state index is 12.5. The average molecular weight is 325 g/mol. The second kappa shape index (κ2) is 7.09. The van der Waals surface area contributed by atoms with E-state index >= 15 is 0 Å². The van der Waals surface area contributed by atoms with Gasteiger partial charge in [-0.1, -0.05) is 6.07 Å². The largest absolute Gasteiger partial charge is 0.379 e. The predicted molar refractivity (Wildman–Crippen MR) is 86.7 cm³/mol. The summed E-state index contributed by atoms with van der Waals surface area (Å²) < 4.78 is 7.18. The lowest BCUT2D eigenvalue weighted by molar-refractivity contribution is 0.0448. The standard InChI is InChI=1S/C15H20N4O2.ClH/c1-10-3-4-13-11(7-17-19(13)9-10)15(20)18-12-8-16-6-5-14(12)21-2;/h3-4,7,9,12,14,16H,5-6,8H2,1-2H3,(H,18,20);1H/t12-,14+;/m0./s1. The van der Waals surface area contributed by atoms with Gasteiger partial charge in [0.25, 0.3) is 5.91 Å². The summed E-state index contributed by atoms with van der Waals surface area (Å²) in [5.74, 6) is -0.107. The van der Waals surface area contributed by atoms with Gasteiger partial charge in [0.05, 0.1) is 29.4 Å². The normalized spacial score (nSPS) is 21.4. The molecule has 1 amide bonds. The monoisotopic (exact) mass is 324 g/mol. The average Bonchev–Trinajstić information content (AvgIpc) is 2.90. The van der Waals surface area contributed by atoms with Gasteiger partial charge in [-0.3, -0.25) is 4.79 Å². The number of nitrogens with zero attached hydrogens (tertiary/aromatic N) is 2. The van der Waals surface area contributed by atoms with Crippen LogP contribution in [0.15, 0.2) is 24.5 Å². The van der Waals surface area contributed by atoms with E-state index in [9.17, 15) is 4.79 Å². The van der Waals surface area contributed by atoms with Crippen molar-refractivity contribution >= 4 is 23.8 Å². The number of hydrogen-bond donors (Lipinski definition) is 2. The van der Waals surface area contributed by atoms with Crippen LogP contribution in [-0.2, 0) is 4.74 Å². The third-order valence-electron chi connectivity index (χ3n) is 3.95. The number of amides is 1. The van der Waals surface area contributed by atoms with Crippen molar-refractivity contribution in [1.29, 1.82) is 0 Å². The fraction of sp³-hybridized carbons (Fsp3) is 0.467. The van der Waals surface area contributed by atoms with Gasteiger partial charge < -0.3 is 15.4 Å². The van der Waals surface area contributed by atoms with Crippen LogP contribution < -0.4 is 10.6 Å². The molecule has 3 heterocycles. The van der Waals surface area contributed by atoms with E-state index in [-0.39, 0.29) is 30.5 Å². The van der Waals surface area contributed by atoms with Crippen molar-refractivity contribution in [2.75, 3.05) is 20.2 Å². The zero-order valence-corrected chi connectivity index (χ0v) is 13.5. The zero-order valence-electron chi connectivity index (χ0n) is 12.7. The number of piperidine rings is 1. The molecule has 3 rings (SSSR count). The summed E-state index contributed by atoms with van der Waals surface area (Å²) in [7, 11) is 1.69. The van der Waals surface area contributed by atoms with Crippen LogP contribution in [0.2, 0.25) is 0 Å². The molecule has 1 aliphatic heterocycles. The lowest BCUT2D eigenvalue weighted by Gasteiger charge is -2.31. The fourth-order valence-corrected chi connectivity index (χ4v) is 2.77. The van der Waals surface area contributed by atoms with E-state index < -0.39 is 0 Å². The number of hydrogen-bond acceptors (Lipinski definition) is 4. The molecule has 0 saturated carbocycles. The Kier molecular flexibility index (Phi) is 5.39. The molecule has 120 valence electrons. The molecule has 0 aliphatic carbocycles. The number of fused-ring (bicyclic) bond motifs is 1. The van der Waals surface area contributed by atoms with Crippen molar-refractivity contribution in [1.82, 2.24) is 20.2 Å². The molecule has 0 spiro atoms. The summed E-state index contributed by atoms with van der Waals surface area (Å²) in [6.45, 7) is 3.64. The van der Waals surface area contributed by atoms with Crippen molar-refractivity contribution in [3.8, 4) is 0 Å². The Balaban J connectivity index is 0.00000176. The van der Waals surface area contributed by atoms with Gasteiger partial charge in [0.2, 0.25) is 0 Å². The van der Waals surface area contributed by atoms with Crippen LogP contribution >= 0.6 is 12.4 Å². The van der Waals surface area contributed by atoms with Gasteiger partial charge >= 0.3 is 0 Å². The number of nitrogens with one attached hydrogen (secondary N) is 2. The topological polar surface area (TPSA) is 67.7 Å². The molecule has 0 aromatic carbocycles. The van der Waals surface area contributed by atoms with Crippen LogP contribution in [0.5, 0.6) is 0 Å². The molecule has 0 unspecified atom stereocenters. The number of aromatic nitrogens is 2. The summed E-state index contributed by atoms with van der Waals surface area (Å²) in [5.41, 5.74) is 2.51. The number of halogens is 1. The highest BCUT2D eigenvalue weighted by Gasteiger charge is 2.27. The van der Waals surface area contributed by atoms with Crippen molar-refractivity contribution in [3.05, 3.63) is 35.7 Å². The van der Waals surface area contributed by atoms with Crippen LogP contribution in [0.4, 0.5) is 0 Å².